The molecule has 0 spiro atoms. The molecule has 4 heteroatoms. The molecule has 0 unspecified atom stereocenters. The van der Waals surface area contributed by atoms with Crippen LogP contribution in [0.15, 0.2) is 29.8 Å². The lowest BCUT2D eigenvalue weighted by Crippen LogP contribution is -2.06. The fourth-order valence-corrected chi connectivity index (χ4v) is 3.93. The lowest BCUT2D eigenvalue weighted by Gasteiger charge is -2.06. The van der Waals surface area contributed by atoms with Crippen LogP contribution in [0.1, 0.15) is 133 Å². The average molecular weight is 459 g/mol. The predicted octanol–water partition coefficient (Wildman–Crippen LogP) is 8.59. The zero-order valence-electron chi connectivity index (χ0n) is 21.1. The van der Waals surface area contributed by atoms with Gasteiger partial charge in [-0.2, -0.15) is 0 Å². The third kappa shape index (κ3) is 15.4. The number of carboxylic acids is 1. The Labute approximate surface area is 201 Å². The van der Waals surface area contributed by atoms with Gasteiger partial charge in [0.15, 0.2) is 0 Å². The first-order valence-corrected chi connectivity index (χ1v) is 13.2. The second kappa shape index (κ2) is 19.4. The lowest BCUT2D eigenvalue weighted by atomic mass is 10.0. The molecule has 0 aliphatic rings. The molecule has 0 amide bonds. The molecule has 1 N–H and O–H groups in total. The molecule has 0 aliphatic carbocycles. The molecular weight excluding hydrogens is 412 g/mol. The molecule has 4 nitrogen and oxygen atoms in total. The average Bonchev–Trinajstić information content (AvgIpc) is 2.81. The Morgan fingerprint density at radius 1 is 0.727 bits per heavy atom. The SMILES string of the molecule is CCCCCCCCCCCCCCCCCCOC(=O)c1ccc(/C=C(\C)C(=O)O)cc1. The summed E-state index contributed by atoms with van der Waals surface area (Å²) in [6.07, 6.45) is 22.7. The predicted molar refractivity (Wildman–Crippen MR) is 138 cm³/mol. The highest BCUT2D eigenvalue weighted by atomic mass is 16.5. The van der Waals surface area contributed by atoms with Crippen molar-refractivity contribution < 1.29 is 19.4 Å². The van der Waals surface area contributed by atoms with Crippen molar-refractivity contribution >= 4 is 18.0 Å². The highest BCUT2D eigenvalue weighted by Gasteiger charge is 2.07. The van der Waals surface area contributed by atoms with Crippen molar-refractivity contribution in [2.24, 2.45) is 0 Å². The Hall–Kier alpha value is -2.10. The number of carbonyl (C=O) groups is 2. The quantitative estimate of drug-likeness (QED) is 0.121. The van der Waals surface area contributed by atoms with Gasteiger partial charge in [-0.15, -0.1) is 0 Å². The molecule has 186 valence electrons. The highest BCUT2D eigenvalue weighted by Crippen LogP contribution is 2.14. The molecule has 1 aromatic rings. The number of carbonyl (C=O) groups excluding carboxylic acids is 1. The van der Waals surface area contributed by atoms with Crippen molar-refractivity contribution in [1.29, 1.82) is 0 Å². The van der Waals surface area contributed by atoms with E-state index in [9.17, 15) is 9.59 Å². The van der Waals surface area contributed by atoms with E-state index in [1.165, 1.54) is 89.9 Å². The van der Waals surface area contributed by atoms with E-state index in [4.69, 9.17) is 9.84 Å². The van der Waals surface area contributed by atoms with Gasteiger partial charge in [0.1, 0.15) is 0 Å². The van der Waals surface area contributed by atoms with Crippen LogP contribution in [0, 0.1) is 0 Å². The van der Waals surface area contributed by atoms with Crippen LogP contribution in [0.25, 0.3) is 6.08 Å². The minimum atomic E-state index is -0.947. The fourth-order valence-electron chi connectivity index (χ4n) is 3.93. The van der Waals surface area contributed by atoms with Gasteiger partial charge >= 0.3 is 11.9 Å². The van der Waals surface area contributed by atoms with Crippen LogP contribution < -0.4 is 0 Å². The minimum absolute atomic E-state index is 0.258. The number of esters is 1. The molecule has 0 aliphatic heterocycles. The second-order valence-electron chi connectivity index (χ2n) is 9.19. The molecular formula is C29H46O4. The van der Waals surface area contributed by atoms with Crippen LogP contribution in [-0.2, 0) is 9.53 Å². The van der Waals surface area contributed by atoms with Crippen LogP contribution in [0.2, 0.25) is 0 Å². The number of ether oxygens (including phenoxy) is 1. The molecule has 0 atom stereocenters. The normalized spacial score (nSPS) is 11.5. The molecule has 0 saturated heterocycles. The first-order chi connectivity index (χ1) is 16.0. The standard InChI is InChI=1S/C29H46O4/c1-3-4-5-6-7-8-9-10-11-12-13-14-15-16-17-18-23-33-29(32)27-21-19-26(20-22-27)24-25(2)28(30)31/h19-22,24H,3-18,23H2,1-2H3,(H,30,31)/b25-24+. The third-order valence-electron chi connectivity index (χ3n) is 6.10. The van der Waals surface area contributed by atoms with Crippen molar-refractivity contribution in [3.63, 3.8) is 0 Å². The summed E-state index contributed by atoms with van der Waals surface area (Å²) in [5.41, 5.74) is 1.51. The number of carboxylic acid groups (broad SMARTS) is 1. The number of hydrogen-bond donors (Lipinski definition) is 1. The molecule has 0 saturated carbocycles. The van der Waals surface area contributed by atoms with E-state index in [1.54, 1.807) is 37.3 Å². The van der Waals surface area contributed by atoms with Crippen molar-refractivity contribution in [2.45, 2.75) is 117 Å². The van der Waals surface area contributed by atoms with Gasteiger partial charge in [0.25, 0.3) is 0 Å². The summed E-state index contributed by atoms with van der Waals surface area (Å²) in [6, 6.07) is 6.82. The maximum atomic E-state index is 12.1. The third-order valence-corrected chi connectivity index (χ3v) is 6.10. The van der Waals surface area contributed by atoms with Crippen molar-refractivity contribution in [2.75, 3.05) is 6.61 Å². The van der Waals surface area contributed by atoms with Gasteiger partial charge in [0.05, 0.1) is 12.2 Å². The monoisotopic (exact) mass is 458 g/mol. The van der Waals surface area contributed by atoms with Gasteiger partial charge in [-0.05, 0) is 37.1 Å². The summed E-state index contributed by atoms with van der Waals surface area (Å²) in [5, 5.41) is 8.92. The zero-order valence-corrected chi connectivity index (χ0v) is 21.1. The van der Waals surface area contributed by atoms with E-state index in [0.29, 0.717) is 12.2 Å². The Morgan fingerprint density at radius 2 is 1.15 bits per heavy atom. The maximum absolute atomic E-state index is 12.1. The number of aliphatic carboxylic acids is 1. The maximum Gasteiger partial charge on any atom is 0.338 e. The van der Waals surface area contributed by atoms with Crippen molar-refractivity contribution in [3.05, 3.63) is 41.0 Å². The van der Waals surface area contributed by atoms with Gasteiger partial charge in [0.2, 0.25) is 0 Å². The largest absolute Gasteiger partial charge is 0.478 e. The Morgan fingerprint density at radius 3 is 1.58 bits per heavy atom. The number of unbranched alkanes of at least 4 members (excludes halogenated alkanes) is 15. The number of rotatable bonds is 20. The second-order valence-corrected chi connectivity index (χ2v) is 9.19. The minimum Gasteiger partial charge on any atom is -0.478 e. The summed E-state index contributed by atoms with van der Waals surface area (Å²) in [6.45, 7) is 4.27. The van der Waals surface area contributed by atoms with Crippen molar-refractivity contribution in [3.8, 4) is 0 Å². The highest BCUT2D eigenvalue weighted by molar-refractivity contribution is 5.92. The van der Waals surface area contributed by atoms with E-state index in [2.05, 4.69) is 6.92 Å². The molecule has 33 heavy (non-hydrogen) atoms. The first kappa shape index (κ1) is 28.9. The van der Waals surface area contributed by atoms with E-state index in [0.717, 1.165) is 18.4 Å². The van der Waals surface area contributed by atoms with Gasteiger partial charge < -0.3 is 9.84 Å². The molecule has 0 fully saturated rings. The first-order valence-electron chi connectivity index (χ1n) is 13.2. The molecule has 1 aromatic carbocycles. The summed E-state index contributed by atoms with van der Waals surface area (Å²) in [7, 11) is 0. The van der Waals surface area contributed by atoms with Crippen LogP contribution in [-0.4, -0.2) is 23.7 Å². The summed E-state index contributed by atoms with van der Waals surface area (Å²) in [5.74, 6) is -1.27. The van der Waals surface area contributed by atoms with Gasteiger partial charge in [-0.25, -0.2) is 9.59 Å². The number of benzene rings is 1. The molecule has 0 heterocycles. The van der Waals surface area contributed by atoms with E-state index in [-0.39, 0.29) is 11.5 Å². The smallest absolute Gasteiger partial charge is 0.338 e. The van der Waals surface area contributed by atoms with Crippen LogP contribution in [0.3, 0.4) is 0 Å². The van der Waals surface area contributed by atoms with E-state index in [1.807, 2.05) is 0 Å². The molecule has 1 rings (SSSR count). The summed E-state index contributed by atoms with van der Waals surface area (Å²) in [4.78, 5) is 23.0. The van der Waals surface area contributed by atoms with Crippen molar-refractivity contribution in [1.82, 2.24) is 0 Å². The topological polar surface area (TPSA) is 63.6 Å². The van der Waals surface area contributed by atoms with Crippen LogP contribution in [0.5, 0.6) is 0 Å². The van der Waals surface area contributed by atoms with Gasteiger partial charge in [-0.1, -0.05) is 115 Å². The molecule has 0 aromatic heterocycles. The van der Waals surface area contributed by atoms with E-state index < -0.39 is 5.97 Å². The van der Waals surface area contributed by atoms with Crippen LogP contribution >= 0.6 is 0 Å². The zero-order chi connectivity index (χ0) is 24.2. The summed E-state index contributed by atoms with van der Waals surface area (Å²) < 4.78 is 5.36. The van der Waals surface area contributed by atoms with Crippen LogP contribution in [0.4, 0.5) is 0 Å². The van der Waals surface area contributed by atoms with Gasteiger partial charge in [0, 0.05) is 5.57 Å². The Balaban J connectivity index is 1.95. The van der Waals surface area contributed by atoms with Gasteiger partial charge in [-0.3, -0.25) is 0 Å². The lowest BCUT2D eigenvalue weighted by molar-refractivity contribution is -0.132. The summed E-state index contributed by atoms with van der Waals surface area (Å²) >= 11 is 0. The number of hydrogen-bond acceptors (Lipinski definition) is 3. The Bertz CT molecular complexity index is 675. The van der Waals surface area contributed by atoms with E-state index >= 15 is 0 Å². The Kier molecular flexibility index (Phi) is 17.0. The molecule has 0 radical (unpaired) electrons. The molecule has 0 bridgehead atoms. The fraction of sp³-hybridized carbons (Fsp3) is 0.655.